The fourth-order valence-corrected chi connectivity index (χ4v) is 1.83. The predicted molar refractivity (Wildman–Crippen MR) is 50.1 cm³/mol. The van der Waals surface area contributed by atoms with Crippen molar-refractivity contribution in [3.8, 4) is 0 Å². The maximum atomic E-state index is 11.5. The average Bonchev–Trinajstić information content (AvgIpc) is 2.52. The van der Waals surface area contributed by atoms with Crippen molar-refractivity contribution in [2.75, 3.05) is 19.6 Å². The summed E-state index contributed by atoms with van der Waals surface area (Å²) in [6, 6.07) is 0. The van der Waals surface area contributed by atoms with E-state index in [0.717, 1.165) is 38.9 Å². The van der Waals surface area contributed by atoms with Crippen LogP contribution in [0.25, 0.3) is 0 Å². The molecule has 0 spiro atoms. The van der Waals surface area contributed by atoms with Crippen molar-refractivity contribution in [1.82, 2.24) is 4.90 Å². The maximum Gasteiger partial charge on any atom is 0.137 e. The van der Waals surface area contributed by atoms with E-state index in [1.54, 1.807) is 0 Å². The molecule has 12 heavy (non-hydrogen) atoms. The minimum Gasteiger partial charge on any atom is -0.303 e. The van der Waals surface area contributed by atoms with Crippen molar-refractivity contribution in [2.24, 2.45) is 5.92 Å². The molecule has 0 aliphatic carbocycles. The second kappa shape index (κ2) is 4.61. The topological polar surface area (TPSA) is 20.3 Å². The van der Waals surface area contributed by atoms with E-state index >= 15 is 0 Å². The van der Waals surface area contributed by atoms with E-state index in [1.165, 1.54) is 0 Å². The van der Waals surface area contributed by atoms with Gasteiger partial charge in [0.15, 0.2) is 0 Å². The number of likely N-dealkylation sites (tertiary alicyclic amines) is 1. The molecule has 1 aliphatic heterocycles. The van der Waals surface area contributed by atoms with Crippen molar-refractivity contribution >= 4 is 5.78 Å². The number of carbonyl (C=O) groups is 1. The Kier molecular flexibility index (Phi) is 3.73. The molecular weight excluding hydrogens is 150 g/mol. The second-order valence-corrected chi connectivity index (χ2v) is 3.60. The quantitative estimate of drug-likeness (QED) is 0.638. The molecule has 1 fully saturated rings. The van der Waals surface area contributed by atoms with Crippen LogP contribution in [0.1, 0.15) is 33.1 Å². The van der Waals surface area contributed by atoms with Crippen LogP contribution in [-0.4, -0.2) is 30.3 Å². The van der Waals surface area contributed by atoms with Gasteiger partial charge in [-0.1, -0.05) is 13.8 Å². The summed E-state index contributed by atoms with van der Waals surface area (Å²) in [5, 5.41) is 0. The Bertz CT molecular complexity index is 156. The normalized spacial score (nSPS) is 24.7. The standard InChI is InChI=1S/C10H19NO/c1-3-5-10(12)9-6-7-11(4-2)8-9/h9H,3-8H2,1-2H3. The molecular formula is C10H19NO. The van der Waals surface area contributed by atoms with E-state index < -0.39 is 0 Å². The van der Waals surface area contributed by atoms with E-state index in [4.69, 9.17) is 0 Å². The van der Waals surface area contributed by atoms with Gasteiger partial charge in [-0.2, -0.15) is 0 Å². The van der Waals surface area contributed by atoms with Gasteiger partial charge in [0.25, 0.3) is 0 Å². The number of hydrogen-bond donors (Lipinski definition) is 0. The molecule has 0 aromatic heterocycles. The van der Waals surface area contributed by atoms with Crippen molar-refractivity contribution in [3.05, 3.63) is 0 Å². The van der Waals surface area contributed by atoms with Gasteiger partial charge in [0, 0.05) is 18.9 Å². The highest BCUT2D eigenvalue weighted by Crippen LogP contribution is 2.18. The summed E-state index contributed by atoms with van der Waals surface area (Å²) in [5.41, 5.74) is 0. The lowest BCUT2D eigenvalue weighted by molar-refractivity contribution is -0.122. The van der Waals surface area contributed by atoms with Gasteiger partial charge in [0.1, 0.15) is 5.78 Å². The Morgan fingerprint density at radius 3 is 2.75 bits per heavy atom. The molecule has 0 amide bonds. The largest absolute Gasteiger partial charge is 0.303 e. The first-order valence-electron chi connectivity index (χ1n) is 5.03. The smallest absolute Gasteiger partial charge is 0.137 e. The van der Waals surface area contributed by atoms with Crippen molar-refractivity contribution in [3.63, 3.8) is 0 Å². The molecule has 1 atom stereocenters. The summed E-state index contributed by atoms with van der Waals surface area (Å²) in [6.45, 7) is 7.46. The van der Waals surface area contributed by atoms with Gasteiger partial charge in [-0.15, -0.1) is 0 Å². The van der Waals surface area contributed by atoms with Gasteiger partial charge in [0.2, 0.25) is 0 Å². The van der Waals surface area contributed by atoms with E-state index in [0.29, 0.717) is 11.7 Å². The van der Waals surface area contributed by atoms with E-state index in [-0.39, 0.29) is 0 Å². The Morgan fingerprint density at radius 1 is 1.50 bits per heavy atom. The maximum absolute atomic E-state index is 11.5. The zero-order valence-corrected chi connectivity index (χ0v) is 8.18. The lowest BCUT2D eigenvalue weighted by atomic mass is 10.0. The van der Waals surface area contributed by atoms with E-state index in [9.17, 15) is 4.79 Å². The van der Waals surface area contributed by atoms with Gasteiger partial charge in [0.05, 0.1) is 0 Å². The van der Waals surface area contributed by atoms with E-state index in [2.05, 4.69) is 18.7 Å². The number of Topliss-reactive ketones (excluding diaryl/α,β-unsaturated/α-hetero) is 1. The fraction of sp³-hybridized carbons (Fsp3) is 0.900. The van der Waals surface area contributed by atoms with Crippen LogP contribution in [0.15, 0.2) is 0 Å². The first-order chi connectivity index (χ1) is 5.77. The van der Waals surface area contributed by atoms with Crippen LogP contribution in [0.2, 0.25) is 0 Å². The summed E-state index contributed by atoms with van der Waals surface area (Å²) in [4.78, 5) is 13.8. The monoisotopic (exact) mass is 169 g/mol. The van der Waals surface area contributed by atoms with Crippen LogP contribution < -0.4 is 0 Å². The van der Waals surface area contributed by atoms with Gasteiger partial charge < -0.3 is 4.90 Å². The first kappa shape index (κ1) is 9.72. The number of ketones is 1. The molecule has 0 aromatic carbocycles. The Hall–Kier alpha value is -0.370. The van der Waals surface area contributed by atoms with E-state index in [1.807, 2.05) is 0 Å². The fourth-order valence-electron chi connectivity index (χ4n) is 1.83. The molecule has 0 N–H and O–H groups in total. The summed E-state index contributed by atoms with van der Waals surface area (Å²) in [6.07, 6.45) is 2.87. The minimum atomic E-state index is 0.352. The highest BCUT2D eigenvalue weighted by atomic mass is 16.1. The molecule has 1 rings (SSSR count). The van der Waals surface area contributed by atoms with Crippen LogP contribution in [0, 0.1) is 5.92 Å². The minimum absolute atomic E-state index is 0.352. The Balaban J connectivity index is 2.31. The molecule has 1 unspecified atom stereocenters. The van der Waals surface area contributed by atoms with Gasteiger partial charge in [-0.25, -0.2) is 0 Å². The molecule has 1 aliphatic rings. The third kappa shape index (κ3) is 2.31. The van der Waals surface area contributed by atoms with Crippen LogP contribution in [-0.2, 0) is 4.79 Å². The molecule has 0 radical (unpaired) electrons. The van der Waals surface area contributed by atoms with Crippen LogP contribution >= 0.6 is 0 Å². The lowest BCUT2D eigenvalue weighted by Gasteiger charge is -2.11. The van der Waals surface area contributed by atoms with Crippen molar-refractivity contribution in [2.45, 2.75) is 33.1 Å². The van der Waals surface area contributed by atoms with Gasteiger partial charge in [-0.05, 0) is 25.9 Å². The van der Waals surface area contributed by atoms with Gasteiger partial charge >= 0.3 is 0 Å². The zero-order valence-electron chi connectivity index (χ0n) is 8.18. The number of nitrogens with zero attached hydrogens (tertiary/aromatic N) is 1. The SMILES string of the molecule is CCCC(=O)C1CCN(CC)C1. The summed E-state index contributed by atoms with van der Waals surface area (Å²) < 4.78 is 0. The van der Waals surface area contributed by atoms with Crippen LogP contribution in [0.5, 0.6) is 0 Å². The number of hydrogen-bond acceptors (Lipinski definition) is 2. The molecule has 1 heterocycles. The van der Waals surface area contributed by atoms with Gasteiger partial charge in [-0.3, -0.25) is 4.79 Å². The summed E-state index contributed by atoms with van der Waals surface area (Å²) in [5.74, 6) is 0.832. The first-order valence-corrected chi connectivity index (χ1v) is 5.03. The summed E-state index contributed by atoms with van der Waals surface area (Å²) >= 11 is 0. The second-order valence-electron chi connectivity index (χ2n) is 3.60. The third-order valence-electron chi connectivity index (χ3n) is 2.67. The van der Waals surface area contributed by atoms with Crippen molar-refractivity contribution in [1.29, 1.82) is 0 Å². The van der Waals surface area contributed by atoms with Crippen LogP contribution in [0.4, 0.5) is 0 Å². The Morgan fingerprint density at radius 2 is 2.25 bits per heavy atom. The molecule has 2 heteroatoms. The molecule has 0 bridgehead atoms. The van der Waals surface area contributed by atoms with Crippen molar-refractivity contribution < 1.29 is 4.79 Å². The molecule has 70 valence electrons. The Labute approximate surface area is 74.9 Å². The summed E-state index contributed by atoms with van der Waals surface area (Å²) in [7, 11) is 0. The average molecular weight is 169 g/mol. The zero-order chi connectivity index (χ0) is 8.97. The molecule has 0 aromatic rings. The lowest BCUT2D eigenvalue weighted by Crippen LogP contribution is -2.22. The highest BCUT2D eigenvalue weighted by Gasteiger charge is 2.25. The third-order valence-corrected chi connectivity index (χ3v) is 2.67. The molecule has 2 nitrogen and oxygen atoms in total. The molecule has 1 saturated heterocycles. The predicted octanol–water partition coefficient (Wildman–Crippen LogP) is 1.70. The number of rotatable bonds is 4. The van der Waals surface area contributed by atoms with Crippen LogP contribution in [0.3, 0.4) is 0 Å². The number of carbonyl (C=O) groups excluding carboxylic acids is 1. The highest BCUT2D eigenvalue weighted by molar-refractivity contribution is 5.81. The molecule has 0 saturated carbocycles.